The van der Waals surface area contributed by atoms with E-state index in [9.17, 15) is 0 Å². The number of hydrogen-bond acceptors (Lipinski definition) is 4. The third kappa shape index (κ3) is 2.62. The van der Waals surface area contributed by atoms with Crippen molar-refractivity contribution in [1.29, 1.82) is 0 Å². The summed E-state index contributed by atoms with van der Waals surface area (Å²) in [5.74, 6) is 0. The molecule has 2 rings (SSSR count). The van der Waals surface area contributed by atoms with Crippen LogP contribution in [0.2, 0.25) is 0 Å². The number of nitrogens with one attached hydrogen (secondary N) is 1. The Morgan fingerprint density at radius 1 is 1.50 bits per heavy atom. The number of fused-ring (bicyclic) bond motifs is 1. The standard InChI is InChI=1S/C12H21N3S/c1-4-13-9-6-5-7-10-12(9)14-11(16-10)8-15(2)3/h9,13H,4-8H2,1-3H3. The molecule has 16 heavy (non-hydrogen) atoms. The Hall–Kier alpha value is -0.450. The molecule has 4 heteroatoms. The molecule has 0 saturated carbocycles. The van der Waals surface area contributed by atoms with Gasteiger partial charge in [0.25, 0.3) is 0 Å². The first-order valence-electron chi connectivity index (χ1n) is 6.07. The van der Waals surface area contributed by atoms with E-state index < -0.39 is 0 Å². The number of nitrogens with zero attached hydrogens (tertiary/aromatic N) is 2. The minimum atomic E-state index is 0.501. The van der Waals surface area contributed by atoms with E-state index in [0.717, 1.165) is 13.1 Å². The van der Waals surface area contributed by atoms with E-state index in [1.165, 1.54) is 34.8 Å². The van der Waals surface area contributed by atoms with Crippen LogP contribution in [-0.4, -0.2) is 30.5 Å². The second kappa shape index (κ2) is 5.25. The molecular weight excluding hydrogens is 218 g/mol. The molecular formula is C12H21N3S. The van der Waals surface area contributed by atoms with Crippen LogP contribution in [0.15, 0.2) is 0 Å². The highest BCUT2D eigenvalue weighted by Gasteiger charge is 2.23. The van der Waals surface area contributed by atoms with Gasteiger partial charge in [-0.2, -0.15) is 0 Å². The van der Waals surface area contributed by atoms with Crippen molar-refractivity contribution in [3.05, 3.63) is 15.6 Å². The van der Waals surface area contributed by atoms with Gasteiger partial charge in [0.1, 0.15) is 5.01 Å². The van der Waals surface area contributed by atoms with Crippen molar-refractivity contribution in [2.45, 2.75) is 38.8 Å². The lowest BCUT2D eigenvalue weighted by molar-refractivity contribution is 0.399. The molecule has 1 heterocycles. The average Bonchev–Trinajstić information content (AvgIpc) is 2.60. The summed E-state index contributed by atoms with van der Waals surface area (Å²) in [6.45, 7) is 4.17. The SMILES string of the molecule is CCNC1CCCc2sc(CN(C)C)nc21. The van der Waals surface area contributed by atoms with Gasteiger partial charge in [-0.05, 0) is 39.9 Å². The Labute approximate surface area is 102 Å². The fraction of sp³-hybridized carbons (Fsp3) is 0.750. The summed E-state index contributed by atoms with van der Waals surface area (Å²) in [7, 11) is 4.20. The molecule has 1 aliphatic rings. The van der Waals surface area contributed by atoms with E-state index in [-0.39, 0.29) is 0 Å². The summed E-state index contributed by atoms with van der Waals surface area (Å²) < 4.78 is 0. The van der Waals surface area contributed by atoms with Crippen molar-refractivity contribution in [3.63, 3.8) is 0 Å². The summed E-state index contributed by atoms with van der Waals surface area (Å²) in [5, 5.41) is 4.80. The van der Waals surface area contributed by atoms with Crippen molar-refractivity contribution in [3.8, 4) is 0 Å². The van der Waals surface area contributed by atoms with E-state index >= 15 is 0 Å². The number of aryl methyl sites for hydroxylation is 1. The van der Waals surface area contributed by atoms with Crippen LogP contribution < -0.4 is 5.32 Å². The quantitative estimate of drug-likeness (QED) is 0.873. The highest BCUT2D eigenvalue weighted by Crippen LogP contribution is 2.33. The second-order valence-electron chi connectivity index (χ2n) is 4.66. The van der Waals surface area contributed by atoms with Gasteiger partial charge in [0.05, 0.1) is 11.7 Å². The minimum absolute atomic E-state index is 0.501. The fourth-order valence-corrected chi connectivity index (χ4v) is 3.54. The van der Waals surface area contributed by atoms with Gasteiger partial charge in [0, 0.05) is 11.4 Å². The zero-order valence-corrected chi connectivity index (χ0v) is 11.2. The maximum Gasteiger partial charge on any atom is 0.107 e. The van der Waals surface area contributed by atoms with Crippen LogP contribution in [-0.2, 0) is 13.0 Å². The van der Waals surface area contributed by atoms with E-state index in [4.69, 9.17) is 4.98 Å². The van der Waals surface area contributed by atoms with E-state index in [1.54, 1.807) is 0 Å². The van der Waals surface area contributed by atoms with Gasteiger partial charge in [-0.3, -0.25) is 0 Å². The predicted octanol–water partition coefficient (Wildman–Crippen LogP) is 2.19. The zero-order valence-electron chi connectivity index (χ0n) is 10.4. The first-order valence-corrected chi connectivity index (χ1v) is 6.89. The Morgan fingerprint density at radius 2 is 2.31 bits per heavy atom. The lowest BCUT2D eigenvalue weighted by Crippen LogP contribution is -2.24. The van der Waals surface area contributed by atoms with Crippen LogP contribution in [0.4, 0.5) is 0 Å². The molecule has 1 aromatic heterocycles. The number of aromatic nitrogens is 1. The lowest BCUT2D eigenvalue weighted by atomic mass is 9.98. The molecule has 1 aromatic rings. The van der Waals surface area contributed by atoms with E-state index in [0.29, 0.717) is 6.04 Å². The first-order chi connectivity index (χ1) is 7.70. The minimum Gasteiger partial charge on any atom is -0.309 e. The molecule has 90 valence electrons. The molecule has 1 aliphatic carbocycles. The van der Waals surface area contributed by atoms with Crippen molar-refractivity contribution in [1.82, 2.24) is 15.2 Å². The van der Waals surface area contributed by atoms with Crippen LogP contribution in [0.5, 0.6) is 0 Å². The molecule has 0 bridgehead atoms. The van der Waals surface area contributed by atoms with Crippen molar-refractivity contribution in [2.24, 2.45) is 0 Å². The topological polar surface area (TPSA) is 28.2 Å². The Balaban J connectivity index is 2.17. The molecule has 1 N–H and O–H groups in total. The lowest BCUT2D eigenvalue weighted by Gasteiger charge is -2.21. The van der Waals surface area contributed by atoms with Crippen LogP contribution in [0.25, 0.3) is 0 Å². The highest BCUT2D eigenvalue weighted by atomic mass is 32.1. The molecule has 3 nitrogen and oxygen atoms in total. The van der Waals surface area contributed by atoms with Gasteiger partial charge in [-0.1, -0.05) is 6.92 Å². The number of thiazole rings is 1. The normalized spacial score (nSPS) is 20.1. The van der Waals surface area contributed by atoms with Crippen molar-refractivity contribution in [2.75, 3.05) is 20.6 Å². The summed E-state index contributed by atoms with van der Waals surface area (Å²) in [6.07, 6.45) is 3.77. The van der Waals surface area contributed by atoms with Crippen molar-refractivity contribution < 1.29 is 0 Å². The first kappa shape index (κ1) is 12.0. The predicted molar refractivity (Wildman–Crippen MR) is 68.9 cm³/mol. The Morgan fingerprint density at radius 3 is 3.00 bits per heavy atom. The van der Waals surface area contributed by atoms with Gasteiger partial charge in [0.15, 0.2) is 0 Å². The number of rotatable bonds is 4. The molecule has 0 saturated heterocycles. The maximum atomic E-state index is 4.81. The largest absolute Gasteiger partial charge is 0.309 e. The molecule has 0 radical (unpaired) electrons. The van der Waals surface area contributed by atoms with Crippen LogP contribution in [0.1, 0.15) is 41.4 Å². The second-order valence-corrected chi connectivity index (χ2v) is 5.82. The fourth-order valence-electron chi connectivity index (χ4n) is 2.25. The number of hydrogen-bond donors (Lipinski definition) is 1. The monoisotopic (exact) mass is 239 g/mol. The molecule has 0 fully saturated rings. The van der Waals surface area contributed by atoms with Gasteiger partial charge in [-0.25, -0.2) is 4.98 Å². The van der Waals surface area contributed by atoms with Gasteiger partial charge < -0.3 is 10.2 Å². The smallest absolute Gasteiger partial charge is 0.107 e. The third-order valence-corrected chi connectivity index (χ3v) is 4.02. The summed E-state index contributed by atoms with van der Waals surface area (Å²) in [6, 6.07) is 0.501. The molecule has 0 aliphatic heterocycles. The van der Waals surface area contributed by atoms with Crippen LogP contribution >= 0.6 is 11.3 Å². The molecule has 0 aromatic carbocycles. The summed E-state index contributed by atoms with van der Waals surface area (Å²) >= 11 is 1.90. The average molecular weight is 239 g/mol. The Bertz CT molecular complexity index is 346. The molecule has 0 spiro atoms. The maximum absolute atomic E-state index is 4.81. The molecule has 1 atom stereocenters. The molecule has 0 amide bonds. The summed E-state index contributed by atoms with van der Waals surface area (Å²) in [4.78, 5) is 8.50. The highest BCUT2D eigenvalue weighted by molar-refractivity contribution is 7.11. The third-order valence-electron chi connectivity index (χ3n) is 2.90. The van der Waals surface area contributed by atoms with Gasteiger partial charge >= 0.3 is 0 Å². The van der Waals surface area contributed by atoms with Crippen LogP contribution in [0.3, 0.4) is 0 Å². The van der Waals surface area contributed by atoms with E-state index in [1.807, 2.05) is 11.3 Å². The molecule has 1 unspecified atom stereocenters. The zero-order chi connectivity index (χ0) is 11.5. The Kier molecular flexibility index (Phi) is 3.95. The van der Waals surface area contributed by atoms with Crippen molar-refractivity contribution >= 4 is 11.3 Å². The van der Waals surface area contributed by atoms with E-state index in [2.05, 4.69) is 31.2 Å². The van der Waals surface area contributed by atoms with Gasteiger partial charge in [-0.15, -0.1) is 11.3 Å². The van der Waals surface area contributed by atoms with Gasteiger partial charge in [0.2, 0.25) is 0 Å². The van der Waals surface area contributed by atoms with Crippen LogP contribution in [0, 0.1) is 0 Å². The summed E-state index contributed by atoms with van der Waals surface area (Å²) in [5.41, 5.74) is 1.33.